The molecule has 0 saturated carbocycles. The van der Waals surface area contributed by atoms with E-state index >= 15 is 0 Å². The zero-order valence-electron chi connectivity index (χ0n) is 21.3. The number of ether oxygens (including phenoxy) is 4. The van der Waals surface area contributed by atoms with Crippen molar-refractivity contribution in [2.45, 2.75) is 50.9 Å². The van der Waals surface area contributed by atoms with Crippen LogP contribution in [0.4, 0.5) is 31.1 Å². The molecule has 2 aromatic carbocycles. The molecule has 4 rings (SSSR count). The Morgan fingerprint density at radius 2 is 1.93 bits per heavy atom. The number of hydrogen-bond acceptors (Lipinski definition) is 6. The summed E-state index contributed by atoms with van der Waals surface area (Å²) in [5.74, 6) is -0.0620. The first-order valence-corrected chi connectivity index (χ1v) is 12.4. The van der Waals surface area contributed by atoms with Gasteiger partial charge in [0.25, 0.3) is 0 Å². The summed E-state index contributed by atoms with van der Waals surface area (Å²) in [5, 5.41) is 8.85. The van der Waals surface area contributed by atoms with E-state index in [0.717, 1.165) is 30.2 Å². The quantitative estimate of drug-likeness (QED) is 0.283. The number of hydrogen-bond donors (Lipinski definition) is 1. The van der Waals surface area contributed by atoms with Gasteiger partial charge in [0.1, 0.15) is 36.6 Å². The summed E-state index contributed by atoms with van der Waals surface area (Å²) in [4.78, 5) is 12.9. The van der Waals surface area contributed by atoms with Crippen molar-refractivity contribution in [2.24, 2.45) is 0 Å². The molecule has 0 aromatic heterocycles. The topological polar surface area (TPSA) is 77.5 Å². The third-order valence-corrected chi connectivity index (χ3v) is 6.43. The van der Waals surface area contributed by atoms with E-state index in [1.807, 2.05) is 6.08 Å². The van der Waals surface area contributed by atoms with Crippen molar-refractivity contribution in [1.29, 1.82) is 0 Å². The predicted octanol–water partition coefficient (Wildman–Crippen LogP) is 6.55. The zero-order valence-corrected chi connectivity index (χ0v) is 21.3. The fourth-order valence-electron chi connectivity index (χ4n) is 4.47. The lowest BCUT2D eigenvalue weighted by Gasteiger charge is -2.32. The van der Waals surface area contributed by atoms with Crippen LogP contribution in [0.1, 0.15) is 36.5 Å². The highest BCUT2D eigenvalue weighted by Gasteiger charge is 2.41. The van der Waals surface area contributed by atoms with Crippen LogP contribution in [0.2, 0.25) is 0 Å². The minimum atomic E-state index is -4.93. The van der Waals surface area contributed by atoms with Crippen LogP contribution < -0.4 is 14.2 Å². The van der Waals surface area contributed by atoms with Crippen LogP contribution in [0, 0.1) is 0 Å². The number of benzene rings is 2. The highest BCUT2D eigenvalue weighted by atomic mass is 19.4. The van der Waals surface area contributed by atoms with Gasteiger partial charge >= 0.3 is 18.5 Å². The number of likely N-dealkylation sites (tertiary alicyclic amines) is 1. The van der Waals surface area contributed by atoms with Gasteiger partial charge in [-0.15, -0.1) is 0 Å². The molecule has 0 radical (unpaired) electrons. The average Bonchev–Trinajstić information content (AvgIpc) is 2.86. The summed E-state index contributed by atoms with van der Waals surface area (Å²) in [6.07, 6.45) is -10.4. The van der Waals surface area contributed by atoms with E-state index < -0.39 is 35.9 Å². The fraction of sp³-hybridized carbons (Fsp3) is 0.444. The third kappa shape index (κ3) is 7.74. The molecule has 13 heteroatoms. The highest BCUT2D eigenvalue weighted by molar-refractivity contribution is 5.64. The lowest BCUT2D eigenvalue weighted by molar-refractivity contribution is -0.191. The largest absolute Gasteiger partial charge is 0.506 e. The van der Waals surface area contributed by atoms with Crippen LogP contribution in [-0.4, -0.2) is 60.8 Å². The van der Waals surface area contributed by atoms with Gasteiger partial charge in [0.2, 0.25) is 0 Å². The van der Waals surface area contributed by atoms with Gasteiger partial charge in [-0.05, 0) is 67.8 Å². The Kier molecular flexibility index (Phi) is 8.71. The number of carboxylic acid groups (broad SMARTS) is 1. The van der Waals surface area contributed by atoms with E-state index in [1.165, 1.54) is 6.07 Å². The van der Waals surface area contributed by atoms with E-state index in [-0.39, 0.29) is 18.3 Å². The summed E-state index contributed by atoms with van der Waals surface area (Å²) in [6.45, 7) is 2.54. The Morgan fingerprint density at radius 1 is 1.15 bits per heavy atom. The molecule has 7 nitrogen and oxygen atoms in total. The first-order valence-electron chi connectivity index (χ1n) is 12.4. The molecule has 0 spiro atoms. The highest BCUT2D eigenvalue weighted by Crippen LogP contribution is 2.39. The maximum Gasteiger partial charge on any atom is 0.506 e. The molecule has 2 aliphatic heterocycles. The Labute approximate surface area is 225 Å². The maximum absolute atomic E-state index is 13.5. The van der Waals surface area contributed by atoms with Gasteiger partial charge in [-0.2, -0.15) is 26.3 Å². The molecule has 2 aliphatic rings. The second-order valence-corrected chi connectivity index (χ2v) is 9.59. The molecule has 1 fully saturated rings. The average molecular weight is 576 g/mol. The van der Waals surface area contributed by atoms with Crippen LogP contribution in [0.3, 0.4) is 0 Å². The monoisotopic (exact) mass is 575 g/mol. The standard InChI is InChI=1S/C27H27F6NO6/c1-16(26(28,29)30)39-23-7-4-17(10-22(23)27(31,32)33)14-37-20-6-5-19-9-18(15-38-24(19)11-20)12-34-8-2-3-21(13-34)40-25(35)36/h4-7,9-11,16,21H,2-3,8,12-15H2,1H3,(H,35,36)/t16-,21+/m0/s1. The van der Waals surface area contributed by atoms with Gasteiger partial charge in [0.05, 0.1) is 5.56 Å². The number of nitrogens with zero attached hydrogens (tertiary/aromatic N) is 1. The van der Waals surface area contributed by atoms with Crippen LogP contribution in [0.15, 0.2) is 42.0 Å². The number of rotatable bonds is 8. The van der Waals surface area contributed by atoms with Crippen molar-refractivity contribution < 1.29 is 55.2 Å². The number of halogens is 6. The van der Waals surface area contributed by atoms with E-state index in [1.54, 1.807) is 18.2 Å². The fourth-order valence-corrected chi connectivity index (χ4v) is 4.47. The number of fused-ring (bicyclic) bond motifs is 1. The van der Waals surface area contributed by atoms with Crippen LogP contribution >= 0.6 is 0 Å². The van der Waals surface area contributed by atoms with Crippen molar-refractivity contribution >= 4 is 12.2 Å². The molecule has 2 heterocycles. The minimum Gasteiger partial charge on any atom is -0.489 e. The Bertz CT molecular complexity index is 1240. The second kappa shape index (κ2) is 11.9. The first kappa shape index (κ1) is 29.4. The molecular formula is C27H27F6NO6. The van der Waals surface area contributed by atoms with Gasteiger partial charge < -0.3 is 24.1 Å². The second-order valence-electron chi connectivity index (χ2n) is 9.59. The number of alkyl halides is 6. The SMILES string of the molecule is C[C@H](Oc1ccc(COc2ccc3c(c2)OCC(CN2CCC[C@@H](OC(=O)O)C2)=C3)cc1C(F)(F)F)C(F)(F)F. The lowest BCUT2D eigenvalue weighted by Crippen LogP contribution is -2.41. The van der Waals surface area contributed by atoms with E-state index in [9.17, 15) is 31.1 Å². The first-order chi connectivity index (χ1) is 18.8. The molecule has 2 atom stereocenters. The Balaban J connectivity index is 1.39. The molecule has 0 bridgehead atoms. The summed E-state index contributed by atoms with van der Waals surface area (Å²) in [6, 6.07) is 7.75. The van der Waals surface area contributed by atoms with Gasteiger partial charge in [0.15, 0.2) is 6.10 Å². The van der Waals surface area contributed by atoms with Gasteiger partial charge in [0, 0.05) is 24.7 Å². The van der Waals surface area contributed by atoms with Crippen LogP contribution in [0.25, 0.3) is 6.08 Å². The summed E-state index contributed by atoms with van der Waals surface area (Å²) in [7, 11) is 0. The molecule has 1 N–H and O–H groups in total. The van der Waals surface area contributed by atoms with E-state index in [4.69, 9.17) is 19.3 Å². The van der Waals surface area contributed by atoms with Crippen molar-refractivity contribution in [2.75, 3.05) is 26.2 Å². The predicted molar refractivity (Wildman–Crippen MR) is 130 cm³/mol. The molecule has 2 aromatic rings. The lowest BCUT2D eigenvalue weighted by atomic mass is 10.0. The minimum absolute atomic E-state index is 0.0897. The van der Waals surface area contributed by atoms with Crippen LogP contribution in [0.5, 0.6) is 17.2 Å². The van der Waals surface area contributed by atoms with Crippen molar-refractivity contribution in [3.05, 3.63) is 58.7 Å². The van der Waals surface area contributed by atoms with E-state index in [2.05, 4.69) is 9.64 Å². The van der Waals surface area contributed by atoms with Gasteiger partial charge in [-0.3, -0.25) is 4.90 Å². The van der Waals surface area contributed by atoms with Gasteiger partial charge in [-0.1, -0.05) is 6.07 Å². The molecule has 0 aliphatic carbocycles. The summed E-state index contributed by atoms with van der Waals surface area (Å²) < 4.78 is 99.8. The van der Waals surface area contributed by atoms with Gasteiger partial charge in [-0.25, -0.2) is 4.79 Å². The number of piperidine rings is 1. The Hall–Kier alpha value is -3.61. The smallest absolute Gasteiger partial charge is 0.489 e. The summed E-state index contributed by atoms with van der Waals surface area (Å²) in [5.41, 5.74) is 0.528. The normalized spacial score (nSPS) is 18.7. The maximum atomic E-state index is 13.5. The molecule has 0 unspecified atom stereocenters. The van der Waals surface area contributed by atoms with E-state index in [0.29, 0.717) is 50.6 Å². The van der Waals surface area contributed by atoms with Crippen molar-refractivity contribution in [1.82, 2.24) is 4.90 Å². The zero-order chi connectivity index (χ0) is 29.1. The molecule has 1 saturated heterocycles. The molecular weight excluding hydrogens is 548 g/mol. The van der Waals surface area contributed by atoms with Crippen molar-refractivity contribution in [3.63, 3.8) is 0 Å². The molecule has 0 amide bonds. The molecule has 218 valence electrons. The third-order valence-electron chi connectivity index (χ3n) is 6.43. The van der Waals surface area contributed by atoms with Crippen molar-refractivity contribution in [3.8, 4) is 17.2 Å². The molecule has 40 heavy (non-hydrogen) atoms. The Morgan fingerprint density at radius 3 is 2.62 bits per heavy atom. The number of carbonyl (C=O) groups is 1. The van der Waals surface area contributed by atoms with Crippen LogP contribution in [-0.2, 0) is 17.5 Å². The summed E-state index contributed by atoms with van der Waals surface area (Å²) >= 11 is 0.